The predicted octanol–water partition coefficient (Wildman–Crippen LogP) is 2.90. The van der Waals surface area contributed by atoms with Crippen LogP contribution in [0.5, 0.6) is 5.75 Å². The van der Waals surface area contributed by atoms with Gasteiger partial charge in [0.05, 0.1) is 17.6 Å². The van der Waals surface area contributed by atoms with Crippen LogP contribution >= 0.6 is 11.6 Å². The number of sulfonamides is 1. The Morgan fingerprint density at radius 2 is 1.83 bits per heavy atom. The van der Waals surface area contributed by atoms with Crippen LogP contribution in [-0.4, -0.2) is 28.0 Å². The first-order chi connectivity index (χ1) is 11.4. The first kappa shape index (κ1) is 18.3. The number of ether oxygens (including phenoxy) is 1. The summed E-state index contributed by atoms with van der Waals surface area (Å²) in [4.78, 5) is 12.5. The number of nitrogens with one attached hydrogen (secondary N) is 2. The Kier molecular flexibility index (Phi) is 5.82. The van der Waals surface area contributed by atoms with Crippen LogP contribution in [0.3, 0.4) is 0 Å². The molecule has 0 radical (unpaired) electrons. The predicted molar refractivity (Wildman–Crippen MR) is 93.3 cm³/mol. The lowest BCUT2D eigenvalue weighted by Gasteiger charge is -2.12. The maximum absolute atomic E-state index is 12.5. The smallest absolute Gasteiger partial charge is 0.259 e. The van der Waals surface area contributed by atoms with E-state index in [2.05, 4.69) is 10.0 Å². The number of hydrogen-bond donors (Lipinski definition) is 2. The summed E-state index contributed by atoms with van der Waals surface area (Å²) in [5, 5.41) is 3.22. The van der Waals surface area contributed by atoms with Gasteiger partial charge in [-0.05, 0) is 42.5 Å². The third kappa shape index (κ3) is 4.25. The summed E-state index contributed by atoms with van der Waals surface area (Å²) in [6, 6.07) is 10.7. The molecule has 2 aromatic carbocycles. The lowest BCUT2D eigenvalue weighted by atomic mass is 10.2. The summed E-state index contributed by atoms with van der Waals surface area (Å²) in [5.41, 5.74) is 0.651. The van der Waals surface area contributed by atoms with Crippen molar-refractivity contribution in [3.05, 3.63) is 53.1 Å². The molecule has 0 fully saturated rings. The largest absolute Gasteiger partial charge is 0.496 e. The summed E-state index contributed by atoms with van der Waals surface area (Å²) in [6.45, 7) is 1.93. The third-order valence-electron chi connectivity index (χ3n) is 3.16. The lowest BCUT2D eigenvalue weighted by Crippen LogP contribution is -2.23. The van der Waals surface area contributed by atoms with Gasteiger partial charge in [-0.25, -0.2) is 13.1 Å². The number of halogens is 1. The number of amides is 1. The van der Waals surface area contributed by atoms with E-state index in [1.807, 2.05) is 0 Å². The molecule has 0 aliphatic carbocycles. The van der Waals surface area contributed by atoms with Gasteiger partial charge in [0.2, 0.25) is 10.0 Å². The number of rotatable bonds is 6. The molecule has 128 valence electrons. The first-order valence-corrected chi connectivity index (χ1v) is 8.98. The van der Waals surface area contributed by atoms with Gasteiger partial charge < -0.3 is 10.1 Å². The fourth-order valence-electron chi connectivity index (χ4n) is 2.04. The highest BCUT2D eigenvalue weighted by Gasteiger charge is 2.19. The molecule has 0 aliphatic heterocycles. The number of methoxy groups -OCH3 is 1. The molecule has 8 heteroatoms. The fourth-order valence-corrected chi connectivity index (χ4v) is 3.23. The van der Waals surface area contributed by atoms with E-state index in [1.54, 1.807) is 31.2 Å². The molecule has 0 aromatic heterocycles. The number of carbonyl (C=O) groups excluding carboxylic acids is 1. The van der Waals surface area contributed by atoms with E-state index in [4.69, 9.17) is 16.3 Å². The molecule has 0 atom stereocenters. The quantitative estimate of drug-likeness (QED) is 0.821. The third-order valence-corrected chi connectivity index (χ3v) is 4.96. The van der Waals surface area contributed by atoms with E-state index in [-0.39, 0.29) is 22.8 Å². The van der Waals surface area contributed by atoms with Crippen LogP contribution in [0.25, 0.3) is 0 Å². The van der Waals surface area contributed by atoms with Crippen LogP contribution < -0.4 is 14.8 Å². The van der Waals surface area contributed by atoms with Gasteiger partial charge in [0, 0.05) is 17.3 Å². The minimum absolute atomic E-state index is 0.00796. The Hall–Kier alpha value is -2.09. The van der Waals surface area contributed by atoms with Gasteiger partial charge in [0.15, 0.2) is 0 Å². The van der Waals surface area contributed by atoms with Gasteiger partial charge >= 0.3 is 0 Å². The summed E-state index contributed by atoms with van der Waals surface area (Å²) >= 11 is 5.81. The van der Waals surface area contributed by atoms with Crippen molar-refractivity contribution in [3.8, 4) is 5.75 Å². The second kappa shape index (κ2) is 7.65. The average molecular weight is 369 g/mol. The molecule has 0 saturated carbocycles. The summed E-state index contributed by atoms with van der Waals surface area (Å²) < 4.78 is 31.7. The summed E-state index contributed by atoms with van der Waals surface area (Å²) in [7, 11) is -2.26. The first-order valence-electron chi connectivity index (χ1n) is 7.12. The monoisotopic (exact) mass is 368 g/mol. The Bertz CT molecular complexity index is 836. The zero-order chi connectivity index (χ0) is 17.7. The molecule has 0 unspecified atom stereocenters. The number of carbonyl (C=O) groups is 1. The molecule has 2 rings (SSSR count). The van der Waals surface area contributed by atoms with Gasteiger partial charge in [0.25, 0.3) is 5.91 Å². The molecule has 0 heterocycles. The number of anilines is 1. The van der Waals surface area contributed by atoms with Gasteiger partial charge in [-0.3, -0.25) is 4.79 Å². The highest BCUT2D eigenvalue weighted by molar-refractivity contribution is 7.89. The van der Waals surface area contributed by atoms with Crippen molar-refractivity contribution in [1.29, 1.82) is 0 Å². The van der Waals surface area contributed by atoms with Crippen LogP contribution in [0.2, 0.25) is 5.02 Å². The van der Waals surface area contributed by atoms with Crippen molar-refractivity contribution in [3.63, 3.8) is 0 Å². The standard InChI is InChI=1S/C16H17ClN2O4S/c1-3-18-24(21,22)13-8-9-15(23-2)14(10-13)16(20)19-12-6-4-11(17)5-7-12/h4-10,18H,3H2,1-2H3,(H,19,20). The fraction of sp³-hybridized carbons (Fsp3) is 0.188. The number of hydrogen-bond acceptors (Lipinski definition) is 4. The van der Waals surface area contributed by atoms with Crippen LogP contribution in [0.4, 0.5) is 5.69 Å². The maximum atomic E-state index is 12.5. The van der Waals surface area contributed by atoms with Gasteiger partial charge in [-0.1, -0.05) is 18.5 Å². The molecule has 6 nitrogen and oxygen atoms in total. The highest BCUT2D eigenvalue weighted by Crippen LogP contribution is 2.24. The van der Waals surface area contributed by atoms with Crippen molar-refractivity contribution in [2.24, 2.45) is 0 Å². The van der Waals surface area contributed by atoms with E-state index in [0.717, 1.165) is 0 Å². The van der Waals surface area contributed by atoms with Gasteiger partial charge in [0.1, 0.15) is 5.75 Å². The highest BCUT2D eigenvalue weighted by atomic mass is 35.5. The van der Waals surface area contributed by atoms with Crippen LogP contribution in [0.1, 0.15) is 17.3 Å². The molecule has 24 heavy (non-hydrogen) atoms. The summed E-state index contributed by atoms with van der Waals surface area (Å²) in [6.07, 6.45) is 0. The van der Waals surface area contributed by atoms with Crippen molar-refractivity contribution in [2.75, 3.05) is 19.0 Å². The molecular formula is C16H17ClN2O4S. The van der Waals surface area contributed by atoms with Crippen molar-refractivity contribution in [2.45, 2.75) is 11.8 Å². The molecule has 0 saturated heterocycles. The molecule has 2 aromatic rings. The van der Waals surface area contributed by atoms with Crippen LogP contribution in [-0.2, 0) is 10.0 Å². The molecule has 1 amide bonds. The molecular weight excluding hydrogens is 352 g/mol. The van der Waals surface area contributed by atoms with Crippen molar-refractivity contribution in [1.82, 2.24) is 4.72 Å². The van der Waals surface area contributed by atoms with Gasteiger partial charge in [-0.15, -0.1) is 0 Å². The van der Waals surface area contributed by atoms with Crippen LogP contribution in [0, 0.1) is 0 Å². The summed E-state index contributed by atoms with van der Waals surface area (Å²) in [5.74, 6) is -0.209. The topological polar surface area (TPSA) is 84.5 Å². The van der Waals surface area contributed by atoms with Crippen molar-refractivity contribution < 1.29 is 17.9 Å². The molecule has 0 aliphatic rings. The van der Waals surface area contributed by atoms with E-state index >= 15 is 0 Å². The lowest BCUT2D eigenvalue weighted by molar-refractivity contribution is 0.102. The van der Waals surface area contributed by atoms with E-state index in [1.165, 1.54) is 25.3 Å². The van der Waals surface area contributed by atoms with Crippen LogP contribution in [0.15, 0.2) is 47.4 Å². The maximum Gasteiger partial charge on any atom is 0.259 e. The Morgan fingerprint density at radius 3 is 2.42 bits per heavy atom. The van der Waals surface area contributed by atoms with E-state index in [0.29, 0.717) is 10.7 Å². The molecule has 0 bridgehead atoms. The zero-order valence-corrected chi connectivity index (χ0v) is 14.7. The Balaban J connectivity index is 2.36. The van der Waals surface area contributed by atoms with E-state index < -0.39 is 15.9 Å². The Labute approximate surface area is 145 Å². The normalized spacial score (nSPS) is 11.1. The Morgan fingerprint density at radius 1 is 1.17 bits per heavy atom. The van der Waals surface area contributed by atoms with Gasteiger partial charge in [-0.2, -0.15) is 0 Å². The average Bonchev–Trinajstić information content (AvgIpc) is 2.56. The molecule has 0 spiro atoms. The SMILES string of the molecule is CCNS(=O)(=O)c1ccc(OC)c(C(=O)Nc2ccc(Cl)cc2)c1. The van der Waals surface area contributed by atoms with Crippen molar-refractivity contribution >= 4 is 33.2 Å². The molecule has 2 N–H and O–H groups in total. The minimum Gasteiger partial charge on any atom is -0.496 e. The second-order valence-corrected chi connectivity index (χ2v) is 7.03. The zero-order valence-electron chi connectivity index (χ0n) is 13.2. The second-order valence-electron chi connectivity index (χ2n) is 4.82. The number of benzene rings is 2. The minimum atomic E-state index is -3.67. The van der Waals surface area contributed by atoms with E-state index in [9.17, 15) is 13.2 Å².